The molecule has 1 unspecified atom stereocenters. The Morgan fingerprint density at radius 3 is 2.33 bits per heavy atom. The van der Waals surface area contributed by atoms with E-state index in [1.165, 1.54) is 13.0 Å². The molecule has 0 aromatic heterocycles. The number of carbonyl (C=O) groups excluding carboxylic acids is 1. The first-order valence-corrected chi connectivity index (χ1v) is 6.27. The molecular formula is C10H14O7S. The first-order chi connectivity index (χ1) is 8.21. The zero-order chi connectivity index (χ0) is 14.4. The van der Waals surface area contributed by atoms with Gasteiger partial charge in [-0.15, -0.1) is 6.58 Å². The molecule has 0 aliphatic rings. The summed E-state index contributed by atoms with van der Waals surface area (Å²) in [6.07, 6.45) is 1.53. The van der Waals surface area contributed by atoms with E-state index in [0.29, 0.717) is 0 Å². The van der Waals surface area contributed by atoms with E-state index in [2.05, 4.69) is 11.3 Å². The predicted octanol–water partition coefficient (Wildman–Crippen LogP) is 0.741. The Morgan fingerprint density at radius 2 is 2.00 bits per heavy atom. The first-order valence-electron chi connectivity index (χ1n) is 4.83. The van der Waals surface area contributed by atoms with Gasteiger partial charge in [-0.05, 0) is 13.3 Å². The molecule has 102 valence electrons. The standard InChI is InChI=1S/C10H14O7S/c1-3-5-10(7-8(11)12,18(14,15)16)9(13)17-6-4-2/h3-4,6H,1,5,7H2,2H3,(H,11,12)(H,14,15,16). The SMILES string of the molecule is C=CCC(CC(=O)O)(C(=O)OC=CC)S(=O)(=O)O. The second-order valence-electron chi connectivity index (χ2n) is 3.41. The van der Waals surface area contributed by atoms with Crippen LogP contribution in [0.3, 0.4) is 0 Å². The van der Waals surface area contributed by atoms with E-state index in [1.807, 2.05) is 0 Å². The minimum absolute atomic E-state index is 0.575. The highest BCUT2D eigenvalue weighted by atomic mass is 32.2. The molecule has 0 saturated carbocycles. The van der Waals surface area contributed by atoms with Crippen molar-refractivity contribution < 1.29 is 32.4 Å². The van der Waals surface area contributed by atoms with E-state index >= 15 is 0 Å². The van der Waals surface area contributed by atoms with Gasteiger partial charge in [-0.25, -0.2) is 4.79 Å². The van der Waals surface area contributed by atoms with E-state index in [-0.39, 0.29) is 0 Å². The van der Waals surface area contributed by atoms with Crippen molar-refractivity contribution in [2.75, 3.05) is 0 Å². The lowest BCUT2D eigenvalue weighted by atomic mass is 10.0. The third kappa shape index (κ3) is 3.67. The molecule has 0 bridgehead atoms. The molecule has 7 nitrogen and oxygen atoms in total. The molecule has 18 heavy (non-hydrogen) atoms. The highest BCUT2D eigenvalue weighted by Gasteiger charge is 2.52. The summed E-state index contributed by atoms with van der Waals surface area (Å²) >= 11 is 0. The minimum Gasteiger partial charge on any atom is -0.481 e. The van der Waals surface area contributed by atoms with Crippen molar-refractivity contribution in [2.45, 2.75) is 24.5 Å². The van der Waals surface area contributed by atoms with Crippen molar-refractivity contribution in [2.24, 2.45) is 0 Å². The largest absolute Gasteiger partial charge is 0.481 e. The Bertz CT molecular complexity index is 463. The van der Waals surface area contributed by atoms with Crippen LogP contribution in [0.4, 0.5) is 0 Å². The van der Waals surface area contributed by atoms with Gasteiger partial charge in [0, 0.05) is 0 Å². The Kier molecular flexibility index (Phi) is 5.73. The number of hydrogen-bond acceptors (Lipinski definition) is 5. The van der Waals surface area contributed by atoms with Crippen LogP contribution in [0.25, 0.3) is 0 Å². The van der Waals surface area contributed by atoms with Crippen LogP contribution in [0.1, 0.15) is 19.8 Å². The fourth-order valence-electron chi connectivity index (χ4n) is 1.24. The highest BCUT2D eigenvalue weighted by Crippen LogP contribution is 2.28. The molecule has 0 amide bonds. The molecule has 1 atom stereocenters. The molecule has 0 fully saturated rings. The van der Waals surface area contributed by atoms with Gasteiger partial charge in [0.1, 0.15) is 0 Å². The molecule has 0 spiro atoms. The van der Waals surface area contributed by atoms with Gasteiger partial charge in [-0.1, -0.05) is 12.2 Å². The van der Waals surface area contributed by atoms with E-state index in [4.69, 9.17) is 9.66 Å². The average molecular weight is 278 g/mol. The van der Waals surface area contributed by atoms with Crippen molar-refractivity contribution in [3.8, 4) is 0 Å². The van der Waals surface area contributed by atoms with E-state index in [1.54, 1.807) is 0 Å². The van der Waals surface area contributed by atoms with Gasteiger partial charge in [0.2, 0.25) is 4.75 Å². The van der Waals surface area contributed by atoms with Gasteiger partial charge in [0.25, 0.3) is 10.1 Å². The van der Waals surface area contributed by atoms with Gasteiger partial charge in [-0.3, -0.25) is 9.35 Å². The van der Waals surface area contributed by atoms with Crippen LogP contribution in [0, 0.1) is 0 Å². The topological polar surface area (TPSA) is 118 Å². The molecule has 0 rings (SSSR count). The Labute approximate surface area is 105 Å². The normalized spacial score (nSPS) is 15.0. The summed E-state index contributed by atoms with van der Waals surface area (Å²) in [6, 6.07) is 0. The van der Waals surface area contributed by atoms with Gasteiger partial charge in [-0.2, -0.15) is 8.42 Å². The summed E-state index contributed by atoms with van der Waals surface area (Å²) < 4.78 is 33.6. The maximum absolute atomic E-state index is 11.7. The zero-order valence-corrected chi connectivity index (χ0v) is 10.5. The monoisotopic (exact) mass is 278 g/mol. The molecule has 0 aliphatic heterocycles. The van der Waals surface area contributed by atoms with E-state index in [9.17, 15) is 18.0 Å². The number of allylic oxidation sites excluding steroid dienone is 2. The quantitative estimate of drug-likeness (QED) is 0.305. The lowest BCUT2D eigenvalue weighted by Crippen LogP contribution is -2.48. The fraction of sp³-hybridized carbons (Fsp3) is 0.400. The number of carboxylic acid groups (broad SMARTS) is 1. The molecular weight excluding hydrogens is 264 g/mol. The lowest BCUT2D eigenvalue weighted by Gasteiger charge is -2.24. The number of carbonyl (C=O) groups is 2. The Balaban J connectivity index is 5.67. The van der Waals surface area contributed by atoms with Crippen LogP contribution in [0.5, 0.6) is 0 Å². The van der Waals surface area contributed by atoms with Crippen molar-refractivity contribution >= 4 is 22.1 Å². The summed E-state index contributed by atoms with van der Waals surface area (Å²) in [4.78, 5) is 22.4. The number of ether oxygens (including phenoxy) is 1. The van der Waals surface area contributed by atoms with Gasteiger partial charge in [0.15, 0.2) is 0 Å². The van der Waals surface area contributed by atoms with Crippen LogP contribution < -0.4 is 0 Å². The second-order valence-corrected chi connectivity index (χ2v) is 5.14. The smallest absolute Gasteiger partial charge is 0.335 e. The number of carboxylic acids is 1. The average Bonchev–Trinajstić information content (AvgIpc) is 2.22. The first kappa shape index (κ1) is 16.3. The summed E-state index contributed by atoms with van der Waals surface area (Å²) in [7, 11) is -4.97. The molecule has 2 N–H and O–H groups in total. The van der Waals surface area contributed by atoms with Crippen molar-refractivity contribution in [1.82, 2.24) is 0 Å². The Hall–Kier alpha value is -1.67. The van der Waals surface area contributed by atoms with Crippen LogP contribution in [0.15, 0.2) is 25.0 Å². The van der Waals surface area contributed by atoms with Crippen LogP contribution in [0.2, 0.25) is 0 Å². The Morgan fingerprint density at radius 1 is 1.44 bits per heavy atom. The van der Waals surface area contributed by atoms with E-state index in [0.717, 1.165) is 12.3 Å². The summed E-state index contributed by atoms with van der Waals surface area (Å²) in [5, 5.41) is 8.68. The molecule has 8 heteroatoms. The fourth-order valence-corrected chi connectivity index (χ4v) is 2.14. The van der Waals surface area contributed by atoms with Gasteiger partial charge >= 0.3 is 11.9 Å². The minimum atomic E-state index is -4.97. The number of rotatable bonds is 7. The zero-order valence-electron chi connectivity index (χ0n) is 9.70. The lowest BCUT2D eigenvalue weighted by molar-refractivity contribution is -0.147. The van der Waals surface area contributed by atoms with Crippen molar-refractivity contribution in [3.05, 3.63) is 25.0 Å². The van der Waals surface area contributed by atoms with Crippen LogP contribution in [-0.4, -0.2) is 34.8 Å². The van der Waals surface area contributed by atoms with Crippen LogP contribution >= 0.6 is 0 Å². The van der Waals surface area contributed by atoms with Crippen LogP contribution in [-0.2, 0) is 24.4 Å². The molecule has 0 aromatic rings. The second kappa shape index (κ2) is 6.31. The summed E-state index contributed by atoms with van der Waals surface area (Å²) in [6.45, 7) is 4.74. The summed E-state index contributed by atoms with van der Waals surface area (Å²) in [5.41, 5.74) is 0. The highest BCUT2D eigenvalue weighted by molar-refractivity contribution is 7.88. The maximum Gasteiger partial charge on any atom is 0.335 e. The molecule has 0 saturated heterocycles. The third-order valence-corrected chi connectivity index (χ3v) is 3.55. The number of esters is 1. The molecule has 0 aliphatic carbocycles. The predicted molar refractivity (Wildman–Crippen MR) is 62.3 cm³/mol. The number of hydrogen-bond donors (Lipinski definition) is 2. The third-order valence-electron chi connectivity index (χ3n) is 2.09. The molecule has 0 heterocycles. The van der Waals surface area contributed by atoms with Gasteiger partial charge < -0.3 is 9.84 Å². The van der Waals surface area contributed by atoms with E-state index < -0.39 is 39.6 Å². The molecule has 0 radical (unpaired) electrons. The van der Waals surface area contributed by atoms with Crippen molar-refractivity contribution in [1.29, 1.82) is 0 Å². The van der Waals surface area contributed by atoms with Gasteiger partial charge in [0.05, 0.1) is 12.7 Å². The number of aliphatic carboxylic acids is 1. The molecule has 0 aromatic carbocycles. The maximum atomic E-state index is 11.7. The summed E-state index contributed by atoms with van der Waals surface area (Å²) in [5.74, 6) is -2.93. The van der Waals surface area contributed by atoms with Crippen molar-refractivity contribution in [3.63, 3.8) is 0 Å².